The zero-order chi connectivity index (χ0) is 14.3. The molecular formula is C12H14ClN3O3. The lowest BCUT2D eigenvalue weighted by atomic mass is 10.0. The number of aromatic nitrogens is 2. The van der Waals surface area contributed by atoms with Crippen molar-refractivity contribution in [3.63, 3.8) is 0 Å². The minimum atomic E-state index is -1.50. The van der Waals surface area contributed by atoms with E-state index < -0.39 is 5.09 Å². The van der Waals surface area contributed by atoms with Crippen molar-refractivity contribution >= 4 is 11.6 Å². The Labute approximate surface area is 115 Å². The van der Waals surface area contributed by atoms with Crippen LogP contribution in [0.3, 0.4) is 0 Å². The van der Waals surface area contributed by atoms with Crippen LogP contribution < -0.4 is 0 Å². The molecule has 0 fully saturated rings. The van der Waals surface area contributed by atoms with Crippen molar-refractivity contribution in [3.8, 4) is 0 Å². The molecule has 0 radical (unpaired) electrons. The van der Waals surface area contributed by atoms with Gasteiger partial charge in [-0.05, 0) is 23.6 Å². The third kappa shape index (κ3) is 5.87. The first-order valence-electron chi connectivity index (χ1n) is 5.53. The number of rotatable bonds is 3. The maximum absolute atomic E-state index is 8.36. The molecule has 0 spiro atoms. The quantitative estimate of drug-likeness (QED) is 0.693. The van der Waals surface area contributed by atoms with E-state index in [1.165, 1.54) is 5.56 Å². The smallest absolute Gasteiger partial charge is 0.291 e. The summed E-state index contributed by atoms with van der Waals surface area (Å²) in [6.45, 7) is 3.14. The van der Waals surface area contributed by atoms with Crippen LogP contribution >= 0.6 is 11.6 Å². The second-order valence-electron chi connectivity index (χ2n) is 3.95. The average molecular weight is 284 g/mol. The molecule has 0 aliphatic rings. The molecule has 1 N–H and O–H groups in total. The molecule has 0 amide bonds. The van der Waals surface area contributed by atoms with Gasteiger partial charge in [-0.15, -0.1) is 10.1 Å². The van der Waals surface area contributed by atoms with Crippen LogP contribution in [0.15, 0.2) is 43.0 Å². The zero-order valence-corrected chi connectivity index (χ0v) is 11.1. The van der Waals surface area contributed by atoms with E-state index in [-0.39, 0.29) is 0 Å². The summed E-state index contributed by atoms with van der Waals surface area (Å²) in [5.74, 6) is 0.469. The van der Waals surface area contributed by atoms with E-state index in [1.807, 2.05) is 24.7 Å². The van der Waals surface area contributed by atoms with Crippen molar-refractivity contribution in [1.82, 2.24) is 9.55 Å². The van der Waals surface area contributed by atoms with Gasteiger partial charge in [0.25, 0.3) is 5.09 Å². The van der Waals surface area contributed by atoms with Crippen LogP contribution in [0.2, 0.25) is 5.02 Å². The normalized spacial score (nSPS) is 11.3. The summed E-state index contributed by atoms with van der Waals surface area (Å²) >= 11 is 5.84. The molecule has 0 saturated heterocycles. The van der Waals surface area contributed by atoms with E-state index in [1.54, 1.807) is 6.20 Å². The van der Waals surface area contributed by atoms with Crippen LogP contribution in [0.4, 0.5) is 0 Å². The van der Waals surface area contributed by atoms with Crippen molar-refractivity contribution in [1.29, 1.82) is 0 Å². The summed E-state index contributed by atoms with van der Waals surface area (Å²) in [6.07, 6.45) is 5.62. The highest BCUT2D eigenvalue weighted by Gasteiger charge is 2.05. The first-order chi connectivity index (χ1) is 8.99. The summed E-state index contributed by atoms with van der Waals surface area (Å²) < 4.78 is 2.08. The third-order valence-electron chi connectivity index (χ3n) is 2.48. The molecule has 0 bridgehead atoms. The van der Waals surface area contributed by atoms with Gasteiger partial charge in [0.15, 0.2) is 0 Å². The van der Waals surface area contributed by atoms with Gasteiger partial charge in [0.2, 0.25) is 0 Å². The molecule has 102 valence electrons. The van der Waals surface area contributed by atoms with Gasteiger partial charge >= 0.3 is 0 Å². The van der Waals surface area contributed by atoms with Crippen LogP contribution in [0.5, 0.6) is 0 Å². The van der Waals surface area contributed by atoms with Gasteiger partial charge in [-0.25, -0.2) is 4.98 Å². The van der Waals surface area contributed by atoms with Crippen molar-refractivity contribution in [2.24, 2.45) is 0 Å². The molecule has 0 aliphatic heterocycles. The fraction of sp³-hybridized carbons (Fsp3) is 0.250. The molecule has 1 aromatic carbocycles. The summed E-state index contributed by atoms with van der Waals surface area (Å²) in [7, 11) is 0. The van der Waals surface area contributed by atoms with E-state index in [0.717, 1.165) is 11.6 Å². The second-order valence-corrected chi connectivity index (χ2v) is 4.39. The molecule has 1 heterocycles. The molecule has 2 aromatic rings. The molecule has 7 heteroatoms. The Morgan fingerprint density at radius 2 is 2.05 bits per heavy atom. The summed E-state index contributed by atoms with van der Waals surface area (Å²) in [6, 6.07) is 8.01. The highest BCUT2D eigenvalue weighted by Crippen LogP contribution is 2.19. The van der Waals surface area contributed by atoms with E-state index >= 15 is 0 Å². The van der Waals surface area contributed by atoms with Crippen molar-refractivity contribution < 1.29 is 10.3 Å². The maximum Gasteiger partial charge on any atom is 0.291 e. The first-order valence-corrected chi connectivity index (χ1v) is 5.91. The van der Waals surface area contributed by atoms with Crippen molar-refractivity contribution in [2.45, 2.75) is 19.4 Å². The van der Waals surface area contributed by atoms with Crippen LogP contribution in [-0.4, -0.2) is 19.8 Å². The maximum atomic E-state index is 8.36. The number of imidazole rings is 1. The third-order valence-corrected chi connectivity index (χ3v) is 2.73. The Morgan fingerprint density at radius 3 is 2.53 bits per heavy atom. The lowest BCUT2D eigenvalue weighted by Crippen LogP contribution is -2.04. The standard InChI is InChI=1S/C12H13ClN2.HNO3/c1-10(8-15-7-6-14-9-15)11-2-4-12(13)5-3-11;2-1(3)4/h2-7,9-10H,8H2,1H3;(H,2,3,4). The molecule has 0 aliphatic carbocycles. The van der Waals surface area contributed by atoms with Crippen LogP contribution in [0.25, 0.3) is 0 Å². The number of benzene rings is 1. The van der Waals surface area contributed by atoms with Gasteiger partial charge in [-0.3, -0.25) is 0 Å². The molecule has 1 aromatic heterocycles. The largest absolute Gasteiger partial charge is 0.337 e. The fourth-order valence-corrected chi connectivity index (χ4v) is 1.73. The molecule has 1 unspecified atom stereocenters. The van der Waals surface area contributed by atoms with Crippen molar-refractivity contribution in [3.05, 3.63) is 63.7 Å². The lowest BCUT2D eigenvalue weighted by Gasteiger charge is -2.12. The van der Waals surface area contributed by atoms with Crippen LogP contribution in [0, 0.1) is 10.1 Å². The number of hydrogen-bond acceptors (Lipinski definition) is 3. The van der Waals surface area contributed by atoms with E-state index in [2.05, 4.69) is 28.6 Å². The number of hydrogen-bond donors (Lipinski definition) is 1. The Kier molecular flexibility index (Phi) is 5.81. The Bertz CT molecular complexity index is 495. The van der Waals surface area contributed by atoms with Gasteiger partial charge in [0, 0.05) is 24.0 Å². The Morgan fingerprint density at radius 1 is 1.47 bits per heavy atom. The number of halogens is 1. The van der Waals surface area contributed by atoms with Gasteiger partial charge in [-0.2, -0.15) is 0 Å². The predicted molar refractivity (Wildman–Crippen MR) is 70.9 cm³/mol. The Hall–Kier alpha value is -2.08. The summed E-state index contributed by atoms with van der Waals surface area (Å²) in [5.41, 5.74) is 1.30. The van der Waals surface area contributed by atoms with Crippen LogP contribution in [-0.2, 0) is 6.54 Å². The zero-order valence-electron chi connectivity index (χ0n) is 10.3. The Balaban J connectivity index is 0.000000399. The fourth-order valence-electron chi connectivity index (χ4n) is 1.61. The summed E-state index contributed by atoms with van der Waals surface area (Å²) in [5, 5.41) is 14.4. The first kappa shape index (κ1) is 15.0. The molecule has 6 nitrogen and oxygen atoms in total. The van der Waals surface area contributed by atoms with Gasteiger partial charge < -0.3 is 9.77 Å². The minimum absolute atomic E-state index is 0.469. The predicted octanol–water partition coefficient (Wildman–Crippen LogP) is 2.99. The average Bonchev–Trinajstić information content (AvgIpc) is 2.82. The molecule has 2 rings (SSSR count). The monoisotopic (exact) mass is 283 g/mol. The van der Waals surface area contributed by atoms with Gasteiger partial charge in [0.1, 0.15) is 0 Å². The van der Waals surface area contributed by atoms with Crippen LogP contribution in [0.1, 0.15) is 18.4 Å². The minimum Gasteiger partial charge on any atom is -0.337 e. The molecular weight excluding hydrogens is 270 g/mol. The number of nitrogens with zero attached hydrogens (tertiary/aromatic N) is 3. The van der Waals surface area contributed by atoms with E-state index in [9.17, 15) is 0 Å². The molecule has 19 heavy (non-hydrogen) atoms. The molecule has 1 atom stereocenters. The van der Waals surface area contributed by atoms with E-state index in [0.29, 0.717) is 5.92 Å². The SMILES string of the molecule is CC(Cn1ccnc1)c1ccc(Cl)cc1.O=[N+]([O-])O. The van der Waals surface area contributed by atoms with Gasteiger partial charge in [-0.1, -0.05) is 30.7 Å². The topological polar surface area (TPSA) is 81.2 Å². The highest BCUT2D eigenvalue weighted by molar-refractivity contribution is 6.30. The molecule has 0 saturated carbocycles. The second kappa shape index (κ2) is 7.38. The van der Waals surface area contributed by atoms with E-state index in [4.69, 9.17) is 26.9 Å². The lowest BCUT2D eigenvalue weighted by molar-refractivity contribution is -0.742. The highest BCUT2D eigenvalue weighted by atomic mass is 35.5. The van der Waals surface area contributed by atoms with Crippen molar-refractivity contribution in [2.75, 3.05) is 0 Å². The van der Waals surface area contributed by atoms with Gasteiger partial charge in [0.05, 0.1) is 6.33 Å². The summed E-state index contributed by atoms with van der Waals surface area (Å²) in [4.78, 5) is 12.4.